The van der Waals surface area contributed by atoms with Crippen LogP contribution in [0.25, 0.3) is 0 Å². The van der Waals surface area contributed by atoms with Crippen LogP contribution < -0.4 is 5.32 Å². The van der Waals surface area contributed by atoms with Crippen LogP contribution >= 0.6 is 31.9 Å². The van der Waals surface area contributed by atoms with Gasteiger partial charge in [0.05, 0.1) is 4.83 Å². The van der Waals surface area contributed by atoms with Crippen LogP contribution in [-0.4, -0.2) is 15.7 Å². The molecule has 1 unspecified atom stereocenters. The lowest BCUT2D eigenvalue weighted by atomic mass is 10.2. The second-order valence-corrected chi connectivity index (χ2v) is 5.21. The minimum atomic E-state index is -0.164. The molecular formula is C10H12Br2N2O. The normalized spacial score (nSPS) is 12.3. The minimum absolute atomic E-state index is 0.0598. The number of aromatic nitrogens is 1. The highest BCUT2D eigenvalue weighted by Gasteiger charge is 2.13. The first-order valence-electron chi connectivity index (χ1n) is 4.61. The van der Waals surface area contributed by atoms with Gasteiger partial charge in [0, 0.05) is 10.7 Å². The molecule has 0 saturated heterocycles. The summed E-state index contributed by atoms with van der Waals surface area (Å²) in [4.78, 5) is 15.5. The number of amides is 1. The number of aryl methyl sites for hydroxylation is 1. The lowest BCUT2D eigenvalue weighted by Gasteiger charge is -2.10. The second-order valence-electron chi connectivity index (χ2n) is 3.18. The Morgan fingerprint density at radius 1 is 1.67 bits per heavy atom. The molecule has 0 aliphatic rings. The second kappa shape index (κ2) is 5.61. The molecule has 1 aromatic heterocycles. The number of carbonyl (C=O) groups excluding carboxylic acids is 1. The predicted molar refractivity (Wildman–Crippen MR) is 68.3 cm³/mol. The molecule has 1 aromatic rings. The van der Waals surface area contributed by atoms with Crippen molar-refractivity contribution in [2.45, 2.75) is 25.1 Å². The number of hydrogen-bond donors (Lipinski definition) is 1. The van der Waals surface area contributed by atoms with E-state index in [-0.39, 0.29) is 10.7 Å². The van der Waals surface area contributed by atoms with E-state index in [4.69, 9.17) is 0 Å². The molecule has 0 aliphatic carbocycles. The predicted octanol–water partition coefficient (Wildman–Crippen LogP) is 3.26. The molecule has 15 heavy (non-hydrogen) atoms. The SMILES string of the molecule is CCC(Br)C(=O)Nc1ncc(Br)cc1C. The number of nitrogens with zero attached hydrogens (tertiary/aromatic N) is 1. The van der Waals surface area contributed by atoms with E-state index in [9.17, 15) is 4.79 Å². The Labute approximate surface area is 106 Å². The third-order valence-corrected chi connectivity index (χ3v) is 3.43. The molecule has 1 heterocycles. The number of alkyl halides is 1. The maximum Gasteiger partial charge on any atom is 0.239 e. The summed E-state index contributed by atoms with van der Waals surface area (Å²) in [6.07, 6.45) is 2.42. The van der Waals surface area contributed by atoms with E-state index >= 15 is 0 Å². The molecule has 0 aliphatic heterocycles. The Morgan fingerprint density at radius 3 is 2.87 bits per heavy atom. The minimum Gasteiger partial charge on any atom is -0.310 e. The molecule has 5 heteroatoms. The molecule has 1 atom stereocenters. The van der Waals surface area contributed by atoms with Crippen molar-refractivity contribution in [1.82, 2.24) is 4.98 Å². The number of rotatable bonds is 3. The molecule has 0 radical (unpaired) electrons. The zero-order chi connectivity index (χ0) is 11.4. The number of anilines is 1. The van der Waals surface area contributed by atoms with E-state index in [0.717, 1.165) is 16.5 Å². The van der Waals surface area contributed by atoms with Gasteiger partial charge in [-0.1, -0.05) is 22.9 Å². The Hall–Kier alpha value is -0.420. The fraction of sp³-hybridized carbons (Fsp3) is 0.400. The summed E-state index contributed by atoms with van der Waals surface area (Å²) in [5.74, 6) is 0.552. The number of pyridine rings is 1. The van der Waals surface area contributed by atoms with E-state index in [0.29, 0.717) is 5.82 Å². The molecule has 0 spiro atoms. The fourth-order valence-corrected chi connectivity index (χ4v) is 1.61. The maximum absolute atomic E-state index is 11.6. The van der Waals surface area contributed by atoms with Crippen molar-refractivity contribution in [3.05, 3.63) is 22.3 Å². The van der Waals surface area contributed by atoms with Gasteiger partial charge in [-0.25, -0.2) is 4.98 Å². The fourth-order valence-electron chi connectivity index (χ4n) is 1.05. The van der Waals surface area contributed by atoms with Crippen molar-refractivity contribution < 1.29 is 4.79 Å². The van der Waals surface area contributed by atoms with E-state index in [1.54, 1.807) is 6.20 Å². The number of carbonyl (C=O) groups is 1. The molecule has 0 bridgehead atoms. The summed E-state index contributed by atoms with van der Waals surface area (Å²) in [6.45, 7) is 3.85. The molecule has 1 N–H and O–H groups in total. The Morgan fingerprint density at radius 2 is 2.33 bits per heavy atom. The molecule has 82 valence electrons. The van der Waals surface area contributed by atoms with Crippen molar-refractivity contribution in [2.75, 3.05) is 5.32 Å². The van der Waals surface area contributed by atoms with Crippen LogP contribution in [-0.2, 0) is 4.79 Å². The number of halogens is 2. The summed E-state index contributed by atoms with van der Waals surface area (Å²) >= 11 is 6.61. The maximum atomic E-state index is 11.6. The van der Waals surface area contributed by atoms with Crippen molar-refractivity contribution in [3.8, 4) is 0 Å². The van der Waals surface area contributed by atoms with Gasteiger partial charge in [-0.3, -0.25) is 4.79 Å². The molecule has 0 fully saturated rings. The van der Waals surface area contributed by atoms with Gasteiger partial charge >= 0.3 is 0 Å². The molecule has 0 saturated carbocycles. The molecule has 1 rings (SSSR count). The summed E-state index contributed by atoms with van der Waals surface area (Å²) in [7, 11) is 0. The topological polar surface area (TPSA) is 42.0 Å². The third-order valence-electron chi connectivity index (χ3n) is 1.93. The zero-order valence-electron chi connectivity index (χ0n) is 8.55. The van der Waals surface area contributed by atoms with Crippen molar-refractivity contribution >= 4 is 43.6 Å². The third kappa shape index (κ3) is 3.57. The number of nitrogens with one attached hydrogen (secondary N) is 1. The van der Waals surface area contributed by atoms with Gasteiger partial charge in [0.2, 0.25) is 5.91 Å². The quantitative estimate of drug-likeness (QED) is 0.861. The Bertz CT molecular complexity index is 368. The lowest BCUT2D eigenvalue weighted by Crippen LogP contribution is -2.23. The summed E-state index contributed by atoms with van der Waals surface area (Å²) in [5, 5.41) is 2.77. The van der Waals surface area contributed by atoms with Crippen LogP contribution in [0.5, 0.6) is 0 Å². The molecule has 0 aromatic carbocycles. The monoisotopic (exact) mass is 334 g/mol. The number of hydrogen-bond acceptors (Lipinski definition) is 2. The first kappa shape index (κ1) is 12.6. The van der Waals surface area contributed by atoms with Crippen LogP contribution in [0.3, 0.4) is 0 Å². The van der Waals surface area contributed by atoms with Crippen LogP contribution in [0.4, 0.5) is 5.82 Å². The summed E-state index contributed by atoms with van der Waals surface area (Å²) < 4.78 is 0.906. The van der Waals surface area contributed by atoms with Gasteiger partial charge in [-0.05, 0) is 40.9 Å². The first-order chi connectivity index (χ1) is 7.04. The van der Waals surface area contributed by atoms with Crippen LogP contribution in [0, 0.1) is 6.92 Å². The van der Waals surface area contributed by atoms with Crippen molar-refractivity contribution in [1.29, 1.82) is 0 Å². The van der Waals surface area contributed by atoms with Crippen molar-refractivity contribution in [2.24, 2.45) is 0 Å². The van der Waals surface area contributed by atoms with Gasteiger partial charge in [0.25, 0.3) is 0 Å². The Kier molecular flexibility index (Phi) is 4.73. The average Bonchev–Trinajstić information content (AvgIpc) is 2.20. The first-order valence-corrected chi connectivity index (χ1v) is 6.32. The van der Waals surface area contributed by atoms with Gasteiger partial charge in [-0.2, -0.15) is 0 Å². The Balaban J connectivity index is 2.77. The van der Waals surface area contributed by atoms with Gasteiger partial charge in [0.15, 0.2) is 0 Å². The van der Waals surface area contributed by atoms with E-state index in [2.05, 4.69) is 42.2 Å². The van der Waals surface area contributed by atoms with Crippen LogP contribution in [0.1, 0.15) is 18.9 Å². The van der Waals surface area contributed by atoms with Gasteiger partial charge < -0.3 is 5.32 Å². The summed E-state index contributed by atoms with van der Waals surface area (Å²) in [5.41, 5.74) is 0.938. The summed E-state index contributed by atoms with van der Waals surface area (Å²) in [6, 6.07) is 1.91. The molecule has 3 nitrogen and oxygen atoms in total. The van der Waals surface area contributed by atoms with Crippen LogP contribution in [0.2, 0.25) is 0 Å². The molecular weight excluding hydrogens is 324 g/mol. The lowest BCUT2D eigenvalue weighted by molar-refractivity contribution is -0.115. The van der Waals surface area contributed by atoms with E-state index in [1.165, 1.54) is 0 Å². The van der Waals surface area contributed by atoms with Crippen LogP contribution in [0.15, 0.2) is 16.7 Å². The van der Waals surface area contributed by atoms with Gasteiger partial charge in [0.1, 0.15) is 5.82 Å². The highest BCUT2D eigenvalue weighted by Crippen LogP contribution is 2.17. The standard InChI is InChI=1S/C10H12Br2N2O/c1-3-8(12)10(15)14-9-6(2)4-7(11)5-13-9/h4-5,8H,3H2,1-2H3,(H,13,14,15). The zero-order valence-corrected chi connectivity index (χ0v) is 11.7. The molecule has 1 amide bonds. The van der Waals surface area contributed by atoms with Crippen molar-refractivity contribution in [3.63, 3.8) is 0 Å². The smallest absolute Gasteiger partial charge is 0.239 e. The average molecular weight is 336 g/mol. The largest absolute Gasteiger partial charge is 0.310 e. The highest BCUT2D eigenvalue weighted by atomic mass is 79.9. The van der Waals surface area contributed by atoms with E-state index in [1.807, 2.05) is 19.9 Å². The van der Waals surface area contributed by atoms with E-state index < -0.39 is 0 Å². The highest BCUT2D eigenvalue weighted by molar-refractivity contribution is 9.10. The van der Waals surface area contributed by atoms with Gasteiger partial charge in [-0.15, -0.1) is 0 Å².